The monoisotopic (exact) mass is 808 g/mol. The molecular weight excluding hydrogens is 780 g/mol. The summed E-state index contributed by atoms with van der Waals surface area (Å²) in [7, 11) is -12.9. The lowest BCUT2D eigenvalue weighted by molar-refractivity contribution is 0.593. The summed E-state index contributed by atoms with van der Waals surface area (Å²) in [5.41, 5.74) is 9.66. The number of benzene rings is 8. The first-order chi connectivity index (χ1) is 28.0. The van der Waals surface area contributed by atoms with E-state index in [1.54, 1.807) is 12.1 Å². The maximum absolute atomic E-state index is 14.5. The summed E-state index contributed by atoms with van der Waals surface area (Å²) >= 11 is 0. The Labute approximate surface area is 337 Å². The summed E-state index contributed by atoms with van der Waals surface area (Å²) in [6, 6.07) is 54.7. The Morgan fingerprint density at radius 2 is 0.500 bits per heavy atom. The van der Waals surface area contributed by atoms with Gasteiger partial charge < -0.3 is 0 Å². The van der Waals surface area contributed by atoms with Crippen molar-refractivity contribution in [2.75, 3.05) is 0 Å². The van der Waals surface area contributed by atoms with E-state index in [9.17, 15) is 25.3 Å². The zero-order valence-electron chi connectivity index (χ0n) is 30.5. The predicted molar refractivity (Wildman–Crippen MR) is 228 cm³/mol. The minimum Gasteiger partial charge on any atom is -0.219 e. The van der Waals surface area contributed by atoms with Gasteiger partial charge in [0.2, 0.25) is 29.5 Å². The van der Waals surface area contributed by atoms with Crippen molar-refractivity contribution in [1.29, 1.82) is 0 Å². The second-order valence-electron chi connectivity index (χ2n) is 14.9. The van der Waals surface area contributed by atoms with Crippen LogP contribution in [0, 0.1) is 0 Å². The van der Waals surface area contributed by atoms with Crippen molar-refractivity contribution in [3.05, 3.63) is 176 Å². The summed E-state index contributed by atoms with van der Waals surface area (Å²) in [6.45, 7) is -0.871. The quantitative estimate of drug-likeness (QED) is 0.164. The van der Waals surface area contributed by atoms with Gasteiger partial charge in [-0.15, -0.1) is 0 Å². The van der Waals surface area contributed by atoms with Crippen molar-refractivity contribution in [3.63, 3.8) is 0 Å². The fourth-order valence-corrected chi connectivity index (χ4v) is 14.6. The molecule has 0 N–H and O–H groups in total. The van der Waals surface area contributed by atoms with E-state index in [0.717, 1.165) is 44.5 Å². The Morgan fingerprint density at radius 1 is 0.241 bits per heavy atom. The summed E-state index contributed by atoms with van der Waals surface area (Å²) in [5.74, 6) is 0. The predicted octanol–water partition coefficient (Wildman–Crippen LogP) is 7.98. The van der Waals surface area contributed by atoms with E-state index in [0.29, 0.717) is 11.1 Å². The minimum absolute atomic E-state index is 0.106. The highest BCUT2D eigenvalue weighted by Gasteiger charge is 2.54. The van der Waals surface area contributed by atoms with Crippen molar-refractivity contribution in [3.8, 4) is 55.6 Å². The molecule has 278 valence electrons. The zero-order valence-corrected chi connectivity index (χ0v) is 32.9. The fraction of sp³-hybridized carbons (Fsp3) is 0. The molecule has 3 heterocycles. The van der Waals surface area contributed by atoms with Gasteiger partial charge in [-0.3, -0.25) is 0 Å². The normalized spacial score (nSPS) is 15.7. The lowest BCUT2D eigenvalue weighted by atomic mass is 9.36. The van der Waals surface area contributed by atoms with Crippen LogP contribution in [0.3, 0.4) is 0 Å². The van der Waals surface area contributed by atoms with Crippen LogP contribution < -0.4 is 16.4 Å². The molecule has 11 rings (SSSR count). The molecule has 0 spiro atoms. The molecule has 0 fully saturated rings. The van der Waals surface area contributed by atoms with E-state index < -0.39 is 36.2 Å². The van der Waals surface area contributed by atoms with Crippen LogP contribution >= 0.6 is 0 Å². The van der Waals surface area contributed by atoms with E-state index in [2.05, 4.69) is 54.6 Å². The van der Waals surface area contributed by atoms with Crippen LogP contribution in [0.1, 0.15) is 0 Å². The van der Waals surface area contributed by atoms with Crippen LogP contribution in [0.5, 0.6) is 0 Å². The van der Waals surface area contributed by atoms with E-state index in [1.807, 2.05) is 72.8 Å². The Balaban J connectivity index is 1.06. The molecule has 6 nitrogen and oxygen atoms in total. The molecule has 3 aliphatic rings. The highest BCUT2D eigenvalue weighted by Crippen LogP contribution is 2.41. The number of hydrogen-bond acceptors (Lipinski definition) is 6. The average molecular weight is 809 g/mol. The Kier molecular flexibility index (Phi) is 7.42. The molecule has 0 atom stereocenters. The molecule has 0 saturated carbocycles. The molecule has 8 aromatic carbocycles. The van der Waals surface area contributed by atoms with Gasteiger partial charge in [-0.05, 0) is 139 Å². The van der Waals surface area contributed by atoms with Crippen molar-refractivity contribution >= 4 is 52.6 Å². The van der Waals surface area contributed by atoms with E-state index in [1.165, 1.54) is 36.4 Å². The van der Waals surface area contributed by atoms with Gasteiger partial charge in [0, 0.05) is 0 Å². The van der Waals surface area contributed by atoms with Gasteiger partial charge >= 0.3 is 0 Å². The molecule has 3 aliphatic heterocycles. The summed E-state index contributed by atoms with van der Waals surface area (Å²) in [6.07, 6.45) is 0. The maximum Gasteiger partial charge on any atom is 0.251 e. The molecular formula is C48H29BO6S3. The molecule has 0 bridgehead atoms. The highest BCUT2D eigenvalue weighted by molar-refractivity contribution is 7.95. The Hall–Kier alpha value is -6.33. The van der Waals surface area contributed by atoms with Gasteiger partial charge in [0.15, 0.2) is 0 Å². The molecule has 0 aromatic heterocycles. The number of hydrogen-bond donors (Lipinski definition) is 0. The third-order valence-electron chi connectivity index (χ3n) is 11.6. The van der Waals surface area contributed by atoms with Crippen molar-refractivity contribution in [2.45, 2.75) is 29.4 Å². The minimum atomic E-state index is -4.33. The summed E-state index contributed by atoms with van der Waals surface area (Å²) in [5, 5.41) is 0. The van der Waals surface area contributed by atoms with Crippen LogP contribution in [0.2, 0.25) is 0 Å². The molecule has 0 saturated heterocycles. The molecule has 0 amide bonds. The molecule has 0 radical (unpaired) electrons. The van der Waals surface area contributed by atoms with Gasteiger partial charge in [0.1, 0.15) is 0 Å². The number of sulfone groups is 3. The molecule has 10 heteroatoms. The van der Waals surface area contributed by atoms with Gasteiger partial charge in [-0.1, -0.05) is 109 Å². The second-order valence-corrected chi connectivity index (χ2v) is 20.5. The highest BCUT2D eigenvalue weighted by atomic mass is 32.2. The largest absolute Gasteiger partial charge is 0.251 e. The zero-order chi connectivity index (χ0) is 39.6. The van der Waals surface area contributed by atoms with Crippen LogP contribution in [0.15, 0.2) is 205 Å². The molecule has 0 unspecified atom stereocenters. The fourth-order valence-electron chi connectivity index (χ4n) is 8.98. The third-order valence-corrected chi connectivity index (χ3v) is 17.2. The lowest BCUT2D eigenvalue weighted by Crippen LogP contribution is -2.66. The van der Waals surface area contributed by atoms with E-state index in [4.69, 9.17) is 0 Å². The first-order valence-corrected chi connectivity index (χ1v) is 23.1. The van der Waals surface area contributed by atoms with Gasteiger partial charge in [0.05, 0.1) is 29.4 Å². The molecule has 8 aromatic rings. The smallest absolute Gasteiger partial charge is 0.219 e. The van der Waals surface area contributed by atoms with Gasteiger partial charge in [-0.25, -0.2) is 25.3 Å². The van der Waals surface area contributed by atoms with Gasteiger partial charge in [-0.2, -0.15) is 0 Å². The SMILES string of the molecule is O=S1(=O)c2cccc3c2B2c4c1cccc4S(=O)(=O)c1cc(-c4cccc(-c5cccc(-c6cc(-c7ccccc7)cc(-c7ccccc7)c6)c5)c4)cc(c12)S3(=O)=O. The van der Waals surface area contributed by atoms with Crippen LogP contribution in [0.4, 0.5) is 0 Å². The summed E-state index contributed by atoms with van der Waals surface area (Å²) in [4.78, 5) is -0.712. The summed E-state index contributed by atoms with van der Waals surface area (Å²) < 4.78 is 85.9. The molecule has 58 heavy (non-hydrogen) atoms. The average Bonchev–Trinajstić information content (AvgIpc) is 3.26. The first-order valence-electron chi connectivity index (χ1n) is 18.7. The number of rotatable bonds is 5. The second kappa shape index (κ2) is 12.3. The van der Waals surface area contributed by atoms with Crippen molar-refractivity contribution in [2.24, 2.45) is 0 Å². The Morgan fingerprint density at radius 3 is 0.897 bits per heavy atom. The van der Waals surface area contributed by atoms with Crippen LogP contribution in [0.25, 0.3) is 55.6 Å². The van der Waals surface area contributed by atoms with E-state index >= 15 is 0 Å². The van der Waals surface area contributed by atoms with Crippen LogP contribution in [-0.2, 0) is 29.5 Å². The third kappa shape index (κ3) is 4.98. The first kappa shape index (κ1) is 34.9. The topological polar surface area (TPSA) is 102 Å². The standard InChI is InChI=1S/C48H29BO6S3/c50-56(51)40-19-9-21-42-46(40)49-47-41(56)20-10-22-43(47)58(54,55)45-29-39(28-44(48(45)49)57(42,52)53)35-18-8-16-33(24-35)32-15-7-17-34(23-32)38-26-36(30-11-3-1-4-12-30)25-37(27-38)31-13-5-2-6-14-31/h1-29H. The van der Waals surface area contributed by atoms with Gasteiger partial charge in [0.25, 0.3) is 6.71 Å². The maximum atomic E-state index is 14.5. The Bertz CT molecular complexity index is 3270. The van der Waals surface area contributed by atoms with Crippen molar-refractivity contribution in [1.82, 2.24) is 0 Å². The molecule has 0 aliphatic carbocycles. The lowest BCUT2D eigenvalue weighted by Gasteiger charge is -2.38. The van der Waals surface area contributed by atoms with Crippen molar-refractivity contribution < 1.29 is 25.3 Å². The van der Waals surface area contributed by atoms with E-state index in [-0.39, 0.29) is 45.8 Å². The van der Waals surface area contributed by atoms with Crippen LogP contribution in [-0.4, -0.2) is 32.0 Å².